The van der Waals surface area contributed by atoms with Gasteiger partial charge in [0.25, 0.3) is 0 Å². The average Bonchev–Trinajstić information content (AvgIpc) is 3.31. The van der Waals surface area contributed by atoms with E-state index in [2.05, 4.69) is 36.2 Å². The van der Waals surface area contributed by atoms with Crippen molar-refractivity contribution in [1.29, 1.82) is 0 Å². The molecule has 42 heavy (non-hydrogen) atoms. The Morgan fingerprint density at radius 2 is 1.57 bits per heavy atom. The molecule has 3 rings (SSSR count). The Kier molecular flexibility index (Phi) is 14.1. The van der Waals surface area contributed by atoms with Crippen LogP contribution in [0.25, 0.3) is 22.6 Å². The first-order chi connectivity index (χ1) is 19.3. The van der Waals surface area contributed by atoms with Crippen LogP contribution in [0.15, 0.2) is 41.0 Å². The first kappa shape index (κ1) is 36.5. The molecule has 0 amide bonds. The molecule has 11 nitrogen and oxygen atoms in total. The molecule has 0 aliphatic heterocycles. The van der Waals surface area contributed by atoms with Crippen molar-refractivity contribution >= 4 is 39.0 Å². The Bertz CT molecular complexity index is 1260. The number of aliphatic carboxylic acids is 2. The zero-order valence-electron chi connectivity index (χ0n) is 21.9. The third kappa shape index (κ3) is 13.0. The van der Waals surface area contributed by atoms with Crippen molar-refractivity contribution in [1.82, 2.24) is 20.3 Å². The summed E-state index contributed by atoms with van der Waals surface area (Å²) < 4.78 is 70.0. The number of imidazole rings is 1. The Hall–Kier alpha value is -3.48. The van der Waals surface area contributed by atoms with Gasteiger partial charge >= 0.3 is 24.3 Å². The number of hydrogen-bond acceptors (Lipinski definition) is 8. The van der Waals surface area contributed by atoms with E-state index >= 15 is 0 Å². The molecule has 0 aliphatic rings. The summed E-state index contributed by atoms with van der Waals surface area (Å²) in [6, 6.07) is 9.39. The monoisotopic (exact) mass is 676 g/mol. The lowest BCUT2D eigenvalue weighted by molar-refractivity contribution is -0.193. The zero-order chi connectivity index (χ0) is 32.3. The van der Waals surface area contributed by atoms with E-state index in [1.807, 2.05) is 44.2 Å². The maximum Gasteiger partial charge on any atom is 0.490 e. The molecule has 1 aromatic carbocycles. The van der Waals surface area contributed by atoms with Crippen molar-refractivity contribution in [2.75, 3.05) is 19.8 Å². The SMILES string of the molecule is CC(C)C(CO)NCC(O)COc1ccc(-c2nc3cc(Br)cnc3[nH]2)cc1.O=C(O)C(F)(F)F.O=C(O)C(F)(F)F. The largest absolute Gasteiger partial charge is 0.491 e. The van der Waals surface area contributed by atoms with Gasteiger partial charge in [-0.2, -0.15) is 26.3 Å². The summed E-state index contributed by atoms with van der Waals surface area (Å²) >= 11 is 3.40. The number of carboxylic acid groups (broad SMARTS) is 2. The first-order valence-electron chi connectivity index (χ1n) is 11.7. The molecule has 0 spiro atoms. The number of aromatic nitrogens is 3. The van der Waals surface area contributed by atoms with Gasteiger partial charge in [0.1, 0.15) is 29.8 Å². The molecule has 18 heteroatoms. The molecule has 0 radical (unpaired) electrons. The molecule has 3 aromatic rings. The Labute approximate surface area is 242 Å². The molecular weight excluding hydrogens is 650 g/mol. The Morgan fingerprint density at radius 1 is 1.05 bits per heavy atom. The maximum absolute atomic E-state index is 10.6. The number of benzene rings is 1. The highest BCUT2D eigenvalue weighted by Gasteiger charge is 2.38. The molecule has 2 unspecified atom stereocenters. The fourth-order valence-corrected chi connectivity index (χ4v) is 3.09. The number of nitrogens with one attached hydrogen (secondary N) is 2. The van der Waals surface area contributed by atoms with Crippen LogP contribution in [0.4, 0.5) is 26.3 Å². The molecule has 0 aliphatic carbocycles. The summed E-state index contributed by atoms with van der Waals surface area (Å²) in [5, 5.41) is 36.8. The van der Waals surface area contributed by atoms with E-state index in [0.29, 0.717) is 18.2 Å². The van der Waals surface area contributed by atoms with Crippen molar-refractivity contribution in [3.05, 3.63) is 41.0 Å². The van der Waals surface area contributed by atoms with Crippen LogP contribution in [0.1, 0.15) is 13.8 Å². The molecule has 2 atom stereocenters. The number of aliphatic hydroxyl groups is 2. The summed E-state index contributed by atoms with van der Waals surface area (Å²) in [6.07, 6.45) is -9.10. The van der Waals surface area contributed by atoms with Crippen LogP contribution < -0.4 is 10.1 Å². The summed E-state index contributed by atoms with van der Waals surface area (Å²) in [7, 11) is 0. The predicted octanol–water partition coefficient (Wildman–Crippen LogP) is 4.00. The highest BCUT2D eigenvalue weighted by Crippen LogP contribution is 2.23. The van der Waals surface area contributed by atoms with Gasteiger partial charge < -0.3 is 35.5 Å². The van der Waals surface area contributed by atoms with Crippen LogP contribution in [0, 0.1) is 5.92 Å². The minimum Gasteiger partial charge on any atom is -0.491 e. The molecule has 0 bridgehead atoms. The lowest BCUT2D eigenvalue weighted by Crippen LogP contribution is -2.42. The van der Waals surface area contributed by atoms with Crippen LogP contribution in [-0.4, -0.2) is 91.6 Å². The van der Waals surface area contributed by atoms with E-state index < -0.39 is 30.4 Å². The van der Waals surface area contributed by atoms with Gasteiger partial charge in [0.2, 0.25) is 0 Å². The van der Waals surface area contributed by atoms with Gasteiger partial charge in [0, 0.05) is 28.8 Å². The molecule has 0 saturated carbocycles. The second-order valence-corrected chi connectivity index (χ2v) is 9.56. The average molecular weight is 677 g/mol. The van der Waals surface area contributed by atoms with E-state index in [4.69, 9.17) is 24.5 Å². The number of H-pyrrole nitrogens is 1. The van der Waals surface area contributed by atoms with Crippen molar-refractivity contribution in [3.63, 3.8) is 0 Å². The van der Waals surface area contributed by atoms with Crippen LogP contribution in [0.3, 0.4) is 0 Å². The van der Waals surface area contributed by atoms with Crippen molar-refractivity contribution in [2.24, 2.45) is 5.92 Å². The van der Waals surface area contributed by atoms with Gasteiger partial charge in [0.15, 0.2) is 5.65 Å². The van der Waals surface area contributed by atoms with Crippen LogP contribution in [0.2, 0.25) is 0 Å². The number of carbonyl (C=O) groups is 2. The van der Waals surface area contributed by atoms with Gasteiger partial charge in [-0.1, -0.05) is 13.8 Å². The number of halogens is 7. The summed E-state index contributed by atoms with van der Waals surface area (Å²) in [6.45, 7) is 4.62. The number of carboxylic acids is 2. The van der Waals surface area contributed by atoms with Crippen molar-refractivity contribution in [2.45, 2.75) is 38.3 Å². The standard InChI is InChI=1S/C20H25BrN4O3.2C2HF3O2/c1-12(2)18(10-26)22-9-15(27)11-28-16-5-3-13(4-6-16)19-24-17-7-14(21)8-23-20(17)25-19;2*3-2(4,5)1(6)7/h3-8,12,15,18,22,26-27H,9-11H2,1-2H3,(H,23,24,25);2*(H,6,7). The van der Waals surface area contributed by atoms with Crippen LogP contribution in [-0.2, 0) is 9.59 Å². The van der Waals surface area contributed by atoms with E-state index in [1.165, 1.54) is 0 Å². The number of hydrogen-bond donors (Lipinski definition) is 6. The van der Waals surface area contributed by atoms with Crippen molar-refractivity contribution < 1.29 is 61.1 Å². The third-order valence-corrected chi connectivity index (χ3v) is 5.41. The highest BCUT2D eigenvalue weighted by molar-refractivity contribution is 9.10. The Morgan fingerprint density at radius 3 is 2.02 bits per heavy atom. The summed E-state index contributed by atoms with van der Waals surface area (Å²) in [4.78, 5) is 29.8. The summed E-state index contributed by atoms with van der Waals surface area (Å²) in [5.41, 5.74) is 2.45. The lowest BCUT2D eigenvalue weighted by atomic mass is 10.1. The quantitative estimate of drug-likeness (QED) is 0.182. The third-order valence-electron chi connectivity index (χ3n) is 4.98. The smallest absolute Gasteiger partial charge is 0.490 e. The molecule has 2 aromatic heterocycles. The van der Waals surface area contributed by atoms with Gasteiger partial charge in [0.05, 0.1) is 6.61 Å². The predicted molar refractivity (Wildman–Crippen MR) is 140 cm³/mol. The molecular formula is C24H27BrF6N4O7. The van der Waals surface area contributed by atoms with Gasteiger partial charge in [-0.25, -0.2) is 19.6 Å². The zero-order valence-corrected chi connectivity index (χ0v) is 23.5. The lowest BCUT2D eigenvalue weighted by Gasteiger charge is -2.22. The highest BCUT2D eigenvalue weighted by atomic mass is 79.9. The fraction of sp³-hybridized carbons (Fsp3) is 0.417. The number of alkyl halides is 6. The number of fused-ring (bicyclic) bond motifs is 1. The van der Waals surface area contributed by atoms with Gasteiger partial charge in [-0.05, 0) is 52.2 Å². The number of aliphatic hydroxyl groups excluding tert-OH is 2. The second kappa shape index (κ2) is 16.2. The normalized spacial score (nSPS) is 13.0. The fourth-order valence-electron chi connectivity index (χ4n) is 2.77. The first-order valence-corrected chi connectivity index (χ1v) is 12.5. The van der Waals surface area contributed by atoms with E-state index in [1.54, 1.807) is 6.20 Å². The van der Waals surface area contributed by atoms with Crippen LogP contribution in [0.5, 0.6) is 5.75 Å². The van der Waals surface area contributed by atoms with E-state index in [-0.39, 0.29) is 19.3 Å². The maximum atomic E-state index is 10.6. The second-order valence-electron chi connectivity index (χ2n) is 8.64. The molecule has 2 heterocycles. The molecule has 234 valence electrons. The molecule has 0 saturated heterocycles. The Balaban J connectivity index is 0.000000522. The van der Waals surface area contributed by atoms with E-state index in [0.717, 1.165) is 27.0 Å². The number of pyridine rings is 1. The molecule has 0 fully saturated rings. The topological polar surface area (TPSA) is 178 Å². The van der Waals surface area contributed by atoms with Crippen LogP contribution >= 0.6 is 15.9 Å². The minimum atomic E-state index is -5.08. The molecule has 6 N–H and O–H groups in total. The van der Waals surface area contributed by atoms with Gasteiger partial charge in [-0.3, -0.25) is 0 Å². The van der Waals surface area contributed by atoms with Gasteiger partial charge in [-0.15, -0.1) is 0 Å². The number of rotatable bonds is 9. The summed E-state index contributed by atoms with van der Waals surface area (Å²) in [5.74, 6) is -3.82. The minimum absolute atomic E-state index is 0.0344. The van der Waals surface area contributed by atoms with Crippen molar-refractivity contribution in [3.8, 4) is 17.1 Å². The number of ether oxygens (including phenoxy) is 1. The number of nitrogens with zero attached hydrogens (tertiary/aromatic N) is 2. The van der Waals surface area contributed by atoms with E-state index in [9.17, 15) is 36.6 Å². The number of aromatic amines is 1.